The number of piperidine rings is 1. The Morgan fingerprint density at radius 1 is 1.16 bits per heavy atom. The number of benzene rings is 1. The van der Waals surface area contributed by atoms with Gasteiger partial charge in [-0.05, 0) is 69.5 Å². The number of rotatable bonds is 7. The van der Waals surface area contributed by atoms with Gasteiger partial charge in [-0.3, -0.25) is 14.4 Å². The molecule has 0 bridgehead atoms. The third kappa shape index (κ3) is 5.25. The fourth-order valence-corrected chi connectivity index (χ4v) is 4.32. The second kappa shape index (κ2) is 9.52. The van der Waals surface area contributed by atoms with E-state index in [-0.39, 0.29) is 11.9 Å². The van der Waals surface area contributed by atoms with Gasteiger partial charge < -0.3 is 9.73 Å². The monoisotopic (exact) mass is 420 g/mol. The Bertz CT molecular complexity index is 1000. The average molecular weight is 421 g/mol. The zero-order valence-corrected chi connectivity index (χ0v) is 18.7. The summed E-state index contributed by atoms with van der Waals surface area (Å²) in [4.78, 5) is 15.3. The first-order valence-corrected chi connectivity index (χ1v) is 11.2. The van der Waals surface area contributed by atoms with Crippen LogP contribution in [0.2, 0.25) is 0 Å². The lowest BCUT2D eigenvalue weighted by atomic mass is 9.95. The Morgan fingerprint density at radius 2 is 1.90 bits per heavy atom. The van der Waals surface area contributed by atoms with E-state index >= 15 is 0 Å². The number of carbonyl (C=O) groups excluding carboxylic acids is 1. The highest BCUT2D eigenvalue weighted by atomic mass is 16.4. The molecule has 164 valence electrons. The lowest BCUT2D eigenvalue weighted by molar-refractivity contribution is 0.0884. The molecule has 0 saturated carbocycles. The summed E-state index contributed by atoms with van der Waals surface area (Å²) >= 11 is 0. The van der Waals surface area contributed by atoms with Gasteiger partial charge >= 0.3 is 0 Å². The van der Waals surface area contributed by atoms with Gasteiger partial charge in [0.2, 0.25) is 0 Å². The Morgan fingerprint density at radius 3 is 2.58 bits per heavy atom. The van der Waals surface area contributed by atoms with Crippen LogP contribution in [0.25, 0.3) is 0 Å². The maximum absolute atomic E-state index is 12.8. The number of aryl methyl sites for hydroxylation is 2. The minimum Gasteiger partial charge on any atom is -0.454 e. The molecule has 1 atom stereocenters. The summed E-state index contributed by atoms with van der Waals surface area (Å²) in [5, 5.41) is 7.56. The van der Waals surface area contributed by atoms with E-state index in [1.54, 1.807) is 6.07 Å². The summed E-state index contributed by atoms with van der Waals surface area (Å²) in [6, 6.07) is 16.3. The second-order valence-electron chi connectivity index (χ2n) is 8.71. The lowest BCUT2D eigenvalue weighted by Gasteiger charge is -2.37. The number of carbonyl (C=O) groups is 1. The Hall–Kier alpha value is -2.86. The SMILES string of the molecule is Cc1cc(C)n(Cc2ccc(C(=O)NCC(c3ccccc3)N3CCC(C)CC3)o2)n1. The van der Waals surface area contributed by atoms with E-state index in [0.29, 0.717) is 18.8 Å². The van der Waals surface area contributed by atoms with Gasteiger partial charge in [-0.2, -0.15) is 5.10 Å². The predicted molar refractivity (Wildman–Crippen MR) is 121 cm³/mol. The van der Waals surface area contributed by atoms with Gasteiger partial charge in [0.05, 0.1) is 18.3 Å². The van der Waals surface area contributed by atoms with Gasteiger partial charge in [0.25, 0.3) is 5.91 Å². The number of hydrogen-bond donors (Lipinski definition) is 1. The quantitative estimate of drug-likeness (QED) is 0.617. The Balaban J connectivity index is 1.41. The topological polar surface area (TPSA) is 63.3 Å². The van der Waals surface area contributed by atoms with Crippen molar-refractivity contribution in [3.8, 4) is 0 Å². The molecule has 6 nitrogen and oxygen atoms in total. The summed E-state index contributed by atoms with van der Waals surface area (Å²) in [5.74, 6) is 1.66. The van der Waals surface area contributed by atoms with Crippen molar-refractivity contribution < 1.29 is 9.21 Å². The molecular weight excluding hydrogens is 388 g/mol. The van der Waals surface area contributed by atoms with Crippen LogP contribution < -0.4 is 5.32 Å². The molecule has 1 fully saturated rings. The highest BCUT2D eigenvalue weighted by Crippen LogP contribution is 2.26. The van der Waals surface area contributed by atoms with E-state index in [1.807, 2.05) is 36.7 Å². The van der Waals surface area contributed by atoms with E-state index in [9.17, 15) is 4.79 Å². The number of likely N-dealkylation sites (tertiary alicyclic amines) is 1. The van der Waals surface area contributed by atoms with Gasteiger partial charge in [-0.25, -0.2) is 0 Å². The molecule has 0 spiro atoms. The highest BCUT2D eigenvalue weighted by molar-refractivity contribution is 5.91. The molecule has 3 aromatic rings. The van der Waals surface area contributed by atoms with Crippen molar-refractivity contribution in [3.05, 3.63) is 77.0 Å². The van der Waals surface area contributed by atoms with Crippen molar-refractivity contribution in [2.24, 2.45) is 5.92 Å². The summed E-state index contributed by atoms with van der Waals surface area (Å²) in [6.07, 6.45) is 2.40. The minimum atomic E-state index is -0.175. The minimum absolute atomic E-state index is 0.168. The van der Waals surface area contributed by atoms with Gasteiger partial charge in [-0.15, -0.1) is 0 Å². The third-order valence-electron chi connectivity index (χ3n) is 6.19. The van der Waals surface area contributed by atoms with Crippen LogP contribution in [0, 0.1) is 19.8 Å². The molecule has 1 amide bonds. The van der Waals surface area contributed by atoms with Crippen LogP contribution in [0.4, 0.5) is 0 Å². The van der Waals surface area contributed by atoms with Crippen molar-refractivity contribution in [2.45, 2.75) is 46.2 Å². The molecule has 31 heavy (non-hydrogen) atoms. The number of hydrogen-bond acceptors (Lipinski definition) is 4. The van der Waals surface area contributed by atoms with Crippen LogP contribution in [-0.2, 0) is 6.54 Å². The number of furan rings is 1. The number of nitrogens with zero attached hydrogens (tertiary/aromatic N) is 3. The molecule has 1 N–H and O–H groups in total. The molecule has 1 unspecified atom stereocenters. The zero-order valence-electron chi connectivity index (χ0n) is 18.7. The van der Waals surface area contributed by atoms with Crippen LogP contribution in [0.1, 0.15) is 59.1 Å². The zero-order chi connectivity index (χ0) is 21.8. The molecule has 4 rings (SSSR count). The van der Waals surface area contributed by atoms with Crippen LogP contribution in [0.3, 0.4) is 0 Å². The van der Waals surface area contributed by atoms with Crippen molar-refractivity contribution in [3.63, 3.8) is 0 Å². The smallest absolute Gasteiger partial charge is 0.287 e. The highest BCUT2D eigenvalue weighted by Gasteiger charge is 2.25. The Kier molecular flexibility index (Phi) is 6.56. The van der Waals surface area contributed by atoms with E-state index in [0.717, 1.165) is 36.2 Å². The third-order valence-corrected chi connectivity index (χ3v) is 6.19. The largest absolute Gasteiger partial charge is 0.454 e. The number of amides is 1. The van der Waals surface area contributed by atoms with Crippen molar-refractivity contribution in [1.29, 1.82) is 0 Å². The second-order valence-corrected chi connectivity index (χ2v) is 8.71. The summed E-state index contributed by atoms with van der Waals surface area (Å²) < 4.78 is 7.71. The molecular formula is C25H32N4O2. The molecule has 1 aromatic carbocycles. The first-order chi connectivity index (χ1) is 15.0. The molecule has 2 aromatic heterocycles. The first-order valence-electron chi connectivity index (χ1n) is 11.2. The molecule has 1 aliphatic rings. The van der Waals surface area contributed by atoms with E-state index in [4.69, 9.17) is 4.42 Å². The van der Waals surface area contributed by atoms with Crippen molar-refractivity contribution in [2.75, 3.05) is 19.6 Å². The lowest BCUT2D eigenvalue weighted by Crippen LogP contribution is -2.41. The summed E-state index contributed by atoms with van der Waals surface area (Å²) in [5.41, 5.74) is 3.28. The maximum Gasteiger partial charge on any atom is 0.287 e. The normalized spacial score (nSPS) is 16.4. The number of nitrogens with one attached hydrogen (secondary N) is 1. The van der Waals surface area contributed by atoms with Crippen LogP contribution in [0.5, 0.6) is 0 Å². The predicted octanol–water partition coefficient (Wildman–Crippen LogP) is 4.34. The van der Waals surface area contributed by atoms with Gasteiger partial charge in [-0.1, -0.05) is 37.3 Å². The first kappa shape index (κ1) is 21.4. The van der Waals surface area contributed by atoms with Gasteiger partial charge in [0.15, 0.2) is 5.76 Å². The molecule has 6 heteroatoms. The number of aromatic nitrogens is 2. The van der Waals surface area contributed by atoms with E-state index < -0.39 is 0 Å². The summed E-state index contributed by atoms with van der Waals surface area (Å²) in [7, 11) is 0. The molecule has 3 heterocycles. The van der Waals surface area contributed by atoms with E-state index in [1.165, 1.54) is 18.4 Å². The molecule has 0 aliphatic carbocycles. The molecule has 1 aliphatic heterocycles. The molecule has 1 saturated heterocycles. The van der Waals surface area contributed by atoms with Gasteiger partial charge in [0, 0.05) is 12.2 Å². The van der Waals surface area contributed by atoms with Gasteiger partial charge in [0.1, 0.15) is 5.76 Å². The maximum atomic E-state index is 12.8. The fourth-order valence-electron chi connectivity index (χ4n) is 4.32. The van der Waals surface area contributed by atoms with Crippen molar-refractivity contribution in [1.82, 2.24) is 20.0 Å². The Labute approximate surface area is 184 Å². The van der Waals surface area contributed by atoms with Crippen molar-refractivity contribution >= 4 is 5.91 Å². The van der Waals surface area contributed by atoms with Crippen LogP contribution in [-0.4, -0.2) is 40.2 Å². The fraction of sp³-hybridized carbons (Fsp3) is 0.440. The average Bonchev–Trinajstić information content (AvgIpc) is 3.36. The van der Waals surface area contributed by atoms with Crippen LogP contribution >= 0.6 is 0 Å². The van der Waals surface area contributed by atoms with Crippen LogP contribution in [0.15, 0.2) is 52.9 Å². The molecule has 0 radical (unpaired) electrons. The van der Waals surface area contributed by atoms with E-state index in [2.05, 4.69) is 46.5 Å². The standard InChI is InChI=1S/C25H32N4O2/c1-18-11-13-28(14-12-18)23(21-7-5-4-6-8-21)16-26-25(30)24-10-9-22(31-24)17-29-20(3)15-19(2)27-29/h4-10,15,18,23H,11-14,16-17H2,1-3H3,(H,26,30). The summed E-state index contributed by atoms with van der Waals surface area (Å²) in [6.45, 7) is 9.50.